The van der Waals surface area contributed by atoms with Crippen molar-refractivity contribution in [2.75, 3.05) is 5.73 Å². The van der Waals surface area contributed by atoms with Crippen LogP contribution in [0.15, 0.2) is 28.9 Å². The van der Waals surface area contributed by atoms with Crippen LogP contribution in [0, 0.1) is 0 Å². The van der Waals surface area contributed by atoms with Crippen molar-refractivity contribution in [3.63, 3.8) is 0 Å². The Kier molecular flexibility index (Phi) is 1.69. The van der Waals surface area contributed by atoms with E-state index < -0.39 is 6.43 Å². The van der Waals surface area contributed by atoms with E-state index in [0.717, 1.165) is 6.26 Å². The van der Waals surface area contributed by atoms with Gasteiger partial charge >= 0.3 is 0 Å². The lowest BCUT2D eigenvalue weighted by Crippen LogP contribution is -1.88. The third-order valence-electron chi connectivity index (χ3n) is 1.90. The molecular weight excluding hydrogens is 176 g/mol. The first-order valence-electron chi connectivity index (χ1n) is 3.74. The molecule has 0 aliphatic heterocycles. The highest BCUT2D eigenvalue weighted by Crippen LogP contribution is 2.32. The van der Waals surface area contributed by atoms with Gasteiger partial charge in [0.25, 0.3) is 6.43 Å². The Hall–Kier alpha value is -1.58. The summed E-state index contributed by atoms with van der Waals surface area (Å²) in [5, 5.41) is 0.317. The number of hydrogen-bond acceptors (Lipinski definition) is 2. The largest absolute Gasteiger partial charge is 0.464 e. The van der Waals surface area contributed by atoms with Crippen LogP contribution in [-0.4, -0.2) is 0 Å². The van der Waals surface area contributed by atoms with Crippen molar-refractivity contribution < 1.29 is 13.2 Å². The smallest absolute Gasteiger partial charge is 0.267 e. The number of benzene rings is 1. The summed E-state index contributed by atoms with van der Waals surface area (Å²) in [5.41, 5.74) is 6.12. The van der Waals surface area contributed by atoms with E-state index in [1.54, 1.807) is 18.2 Å². The Labute approximate surface area is 72.9 Å². The molecule has 0 fully saturated rings. The zero-order chi connectivity index (χ0) is 9.42. The number of halogens is 2. The number of nitrogens with two attached hydrogens (primary N) is 1. The van der Waals surface area contributed by atoms with Crippen LogP contribution >= 0.6 is 0 Å². The van der Waals surface area contributed by atoms with Gasteiger partial charge in [-0.25, -0.2) is 8.78 Å². The van der Waals surface area contributed by atoms with Gasteiger partial charge in [-0.3, -0.25) is 0 Å². The predicted molar refractivity (Wildman–Crippen MR) is 45.6 cm³/mol. The standard InChI is InChI=1S/C9H7F2NO/c10-9(11)5-4-13-7-3-1-2-6(12)8(5)7/h1-4,9H,12H2. The molecule has 68 valence electrons. The summed E-state index contributed by atoms with van der Waals surface area (Å²) in [6.07, 6.45) is -1.50. The third-order valence-corrected chi connectivity index (χ3v) is 1.90. The minimum absolute atomic E-state index is 0.145. The maximum absolute atomic E-state index is 12.4. The molecule has 0 aliphatic carbocycles. The van der Waals surface area contributed by atoms with Crippen LogP contribution < -0.4 is 5.73 Å². The molecule has 2 aromatic rings. The zero-order valence-electron chi connectivity index (χ0n) is 6.63. The van der Waals surface area contributed by atoms with Crippen molar-refractivity contribution >= 4 is 16.7 Å². The Morgan fingerprint density at radius 1 is 1.31 bits per heavy atom. The van der Waals surface area contributed by atoms with Crippen LogP contribution in [0.4, 0.5) is 14.5 Å². The third kappa shape index (κ3) is 1.14. The van der Waals surface area contributed by atoms with Gasteiger partial charge in [-0.2, -0.15) is 0 Å². The van der Waals surface area contributed by atoms with Gasteiger partial charge in [0.05, 0.1) is 10.9 Å². The summed E-state index contributed by atoms with van der Waals surface area (Å²) >= 11 is 0. The molecule has 0 bridgehead atoms. The molecule has 1 aromatic heterocycles. The first kappa shape index (κ1) is 8.04. The number of furan rings is 1. The molecule has 1 aromatic carbocycles. The minimum atomic E-state index is -2.55. The average Bonchev–Trinajstić information content (AvgIpc) is 2.49. The number of alkyl halides is 2. The van der Waals surface area contributed by atoms with Gasteiger partial charge in [-0.1, -0.05) is 6.07 Å². The van der Waals surface area contributed by atoms with E-state index in [4.69, 9.17) is 10.2 Å². The van der Waals surface area contributed by atoms with Crippen LogP contribution in [0.3, 0.4) is 0 Å². The van der Waals surface area contributed by atoms with E-state index in [1.807, 2.05) is 0 Å². The second-order valence-electron chi connectivity index (χ2n) is 2.71. The van der Waals surface area contributed by atoms with E-state index in [1.165, 1.54) is 0 Å². The average molecular weight is 183 g/mol. The van der Waals surface area contributed by atoms with Gasteiger partial charge < -0.3 is 10.2 Å². The monoisotopic (exact) mass is 183 g/mol. The zero-order valence-corrected chi connectivity index (χ0v) is 6.63. The van der Waals surface area contributed by atoms with E-state index in [-0.39, 0.29) is 5.56 Å². The van der Waals surface area contributed by atoms with Crippen molar-refractivity contribution in [2.24, 2.45) is 0 Å². The summed E-state index contributed by atoms with van der Waals surface area (Å²) in [4.78, 5) is 0. The second-order valence-corrected chi connectivity index (χ2v) is 2.71. The summed E-state index contributed by atoms with van der Waals surface area (Å²) in [6, 6.07) is 4.84. The SMILES string of the molecule is Nc1cccc2occ(C(F)F)c12. The maximum atomic E-state index is 12.4. The Bertz CT molecular complexity index is 436. The van der Waals surface area contributed by atoms with Crippen LogP contribution in [0.5, 0.6) is 0 Å². The molecule has 0 spiro atoms. The Morgan fingerprint density at radius 2 is 2.08 bits per heavy atom. The van der Waals surface area contributed by atoms with Gasteiger partial charge in [0.2, 0.25) is 0 Å². The molecule has 2 N–H and O–H groups in total. The van der Waals surface area contributed by atoms with Gasteiger partial charge in [0, 0.05) is 5.69 Å². The minimum Gasteiger partial charge on any atom is -0.464 e. The highest BCUT2D eigenvalue weighted by atomic mass is 19.3. The van der Waals surface area contributed by atoms with E-state index in [9.17, 15) is 8.78 Å². The fourth-order valence-electron chi connectivity index (χ4n) is 1.30. The van der Waals surface area contributed by atoms with Crippen LogP contribution in [0.25, 0.3) is 11.0 Å². The molecule has 13 heavy (non-hydrogen) atoms. The summed E-state index contributed by atoms with van der Waals surface area (Å²) < 4.78 is 29.7. The lowest BCUT2D eigenvalue weighted by molar-refractivity contribution is 0.152. The lowest BCUT2D eigenvalue weighted by atomic mass is 10.1. The van der Waals surface area contributed by atoms with Crippen molar-refractivity contribution in [1.29, 1.82) is 0 Å². The van der Waals surface area contributed by atoms with Crippen LogP contribution in [0.1, 0.15) is 12.0 Å². The van der Waals surface area contributed by atoms with Gasteiger partial charge in [0.1, 0.15) is 11.8 Å². The Balaban J connectivity index is 2.79. The molecule has 0 saturated carbocycles. The molecule has 1 heterocycles. The summed E-state index contributed by atoms with van der Waals surface area (Å²) in [7, 11) is 0. The second kappa shape index (κ2) is 2.73. The highest BCUT2D eigenvalue weighted by molar-refractivity contribution is 5.92. The van der Waals surface area contributed by atoms with E-state index in [0.29, 0.717) is 16.7 Å². The van der Waals surface area contributed by atoms with Gasteiger partial charge in [0.15, 0.2) is 0 Å². The number of fused-ring (bicyclic) bond motifs is 1. The molecule has 0 radical (unpaired) electrons. The van der Waals surface area contributed by atoms with Crippen molar-refractivity contribution in [1.82, 2.24) is 0 Å². The number of hydrogen-bond donors (Lipinski definition) is 1. The van der Waals surface area contributed by atoms with Gasteiger partial charge in [-0.15, -0.1) is 0 Å². The lowest BCUT2D eigenvalue weighted by Gasteiger charge is -1.97. The number of nitrogen functional groups attached to an aromatic ring is 1. The molecule has 2 nitrogen and oxygen atoms in total. The fourth-order valence-corrected chi connectivity index (χ4v) is 1.30. The van der Waals surface area contributed by atoms with Crippen molar-refractivity contribution in [3.05, 3.63) is 30.0 Å². The summed E-state index contributed by atoms with van der Waals surface area (Å²) in [6.45, 7) is 0. The molecule has 0 atom stereocenters. The maximum Gasteiger partial charge on any atom is 0.267 e. The topological polar surface area (TPSA) is 39.2 Å². The van der Waals surface area contributed by atoms with Crippen molar-refractivity contribution in [3.8, 4) is 0 Å². The first-order chi connectivity index (χ1) is 6.20. The van der Waals surface area contributed by atoms with Crippen molar-refractivity contribution in [2.45, 2.75) is 6.43 Å². The molecule has 0 amide bonds. The summed E-state index contributed by atoms with van der Waals surface area (Å²) in [5.74, 6) is 0. The fraction of sp³-hybridized carbons (Fsp3) is 0.111. The van der Waals surface area contributed by atoms with E-state index in [2.05, 4.69) is 0 Å². The quantitative estimate of drug-likeness (QED) is 0.690. The molecule has 0 saturated heterocycles. The van der Waals surface area contributed by atoms with Gasteiger partial charge in [-0.05, 0) is 12.1 Å². The van der Waals surface area contributed by atoms with E-state index >= 15 is 0 Å². The molecule has 0 unspecified atom stereocenters. The highest BCUT2D eigenvalue weighted by Gasteiger charge is 2.16. The molecule has 0 aliphatic rings. The van der Waals surface area contributed by atoms with Crippen LogP contribution in [-0.2, 0) is 0 Å². The Morgan fingerprint density at radius 3 is 2.77 bits per heavy atom. The van der Waals surface area contributed by atoms with Crippen LogP contribution in [0.2, 0.25) is 0 Å². The first-order valence-corrected chi connectivity index (χ1v) is 3.74. The molecule has 4 heteroatoms. The predicted octanol–water partition coefficient (Wildman–Crippen LogP) is 2.95. The molecule has 2 rings (SSSR count). The number of anilines is 1. The molecular formula is C9H7F2NO. The normalized spacial score (nSPS) is 11.3. The number of rotatable bonds is 1.